The Morgan fingerprint density at radius 1 is 0.947 bits per heavy atom. The fraction of sp³-hybridized carbons (Fsp3) is 0.0370. The number of hydrogen-bond donors (Lipinski definition) is 2. The summed E-state index contributed by atoms with van der Waals surface area (Å²) in [7, 11) is -4.18. The molecule has 0 aliphatic carbocycles. The quantitative estimate of drug-likeness (QED) is 0.225. The molecule has 5 rings (SSSR count). The molecule has 0 saturated carbocycles. The topological polar surface area (TPSA) is 91.9 Å². The number of benzene rings is 3. The van der Waals surface area contributed by atoms with Crippen molar-refractivity contribution in [2.24, 2.45) is 0 Å². The van der Waals surface area contributed by atoms with Crippen LogP contribution in [-0.4, -0.2) is 24.2 Å². The van der Waals surface area contributed by atoms with Crippen molar-refractivity contribution in [2.75, 3.05) is 4.72 Å². The molecule has 0 saturated heterocycles. The van der Waals surface area contributed by atoms with Gasteiger partial charge in [0, 0.05) is 33.9 Å². The highest BCUT2D eigenvalue weighted by atomic mass is 35.5. The number of anilines is 1. The summed E-state index contributed by atoms with van der Waals surface area (Å²) in [4.78, 5) is 20.4. The number of pyridine rings is 1. The smallest absolute Gasteiger partial charge is 0.237 e. The number of carbonyl (C=O) groups excluding carboxylic acids is 1. The number of fused-ring (bicyclic) bond motifs is 1. The monoisotopic (exact) mass is 555 g/mol. The number of H-pyrrole nitrogens is 1. The van der Waals surface area contributed by atoms with Crippen LogP contribution in [0.15, 0.2) is 79.1 Å². The summed E-state index contributed by atoms with van der Waals surface area (Å²) in [5, 5.41) is 0.864. The second kappa shape index (κ2) is 9.96. The maximum Gasteiger partial charge on any atom is 0.237 e. The summed E-state index contributed by atoms with van der Waals surface area (Å²) in [6, 6.07) is 15.0. The SMILES string of the molecule is O=C(c1c(F)ccc(NS(=O)(=O)Cc2ccc(F)cc2)c1F)c1c[nH]c2ncc(-c3ccc(Cl)cc3)cc12. The van der Waals surface area contributed by atoms with E-state index in [9.17, 15) is 22.0 Å². The Bertz CT molecular complexity index is 1790. The van der Waals surface area contributed by atoms with E-state index in [0.717, 1.165) is 29.8 Å². The molecule has 192 valence electrons. The van der Waals surface area contributed by atoms with Crippen LogP contribution in [0.4, 0.5) is 18.9 Å². The van der Waals surface area contributed by atoms with Gasteiger partial charge in [-0.25, -0.2) is 26.6 Å². The second-order valence-corrected chi connectivity index (χ2v) is 10.6. The summed E-state index contributed by atoms with van der Waals surface area (Å²) >= 11 is 5.95. The van der Waals surface area contributed by atoms with E-state index in [1.807, 2.05) is 4.72 Å². The Labute approximate surface area is 220 Å². The van der Waals surface area contributed by atoms with Crippen LogP contribution in [0, 0.1) is 17.5 Å². The Morgan fingerprint density at radius 2 is 1.66 bits per heavy atom. The standard InChI is InChI=1S/C27H17ClF3N3O3S/c28-18-5-3-16(4-6-18)17-11-20-21(13-33-27(20)32-12-17)26(35)24-22(30)9-10-23(25(24)31)34-38(36,37)14-15-1-7-19(29)8-2-15/h1-13,34H,14H2,(H,32,33). The van der Waals surface area contributed by atoms with E-state index in [-0.39, 0.29) is 11.1 Å². The molecule has 0 aliphatic rings. The normalized spacial score (nSPS) is 11.6. The van der Waals surface area contributed by atoms with E-state index < -0.39 is 50.3 Å². The van der Waals surface area contributed by atoms with Gasteiger partial charge in [0.15, 0.2) is 5.82 Å². The second-order valence-electron chi connectivity index (χ2n) is 8.43. The molecule has 0 aliphatic heterocycles. The molecular weight excluding hydrogens is 539 g/mol. The third-order valence-electron chi connectivity index (χ3n) is 5.81. The molecule has 2 aromatic heterocycles. The Morgan fingerprint density at radius 3 is 2.37 bits per heavy atom. The first kappa shape index (κ1) is 25.5. The molecule has 3 aromatic carbocycles. The van der Waals surface area contributed by atoms with E-state index in [2.05, 4.69) is 9.97 Å². The molecule has 0 atom stereocenters. The molecule has 2 heterocycles. The summed E-state index contributed by atoms with van der Waals surface area (Å²) in [6.45, 7) is 0. The molecule has 0 bridgehead atoms. The number of aromatic nitrogens is 2. The highest BCUT2D eigenvalue weighted by molar-refractivity contribution is 7.91. The zero-order chi connectivity index (χ0) is 27.0. The number of sulfonamides is 1. The van der Waals surface area contributed by atoms with Crippen molar-refractivity contribution in [1.29, 1.82) is 0 Å². The molecule has 0 radical (unpaired) electrons. The molecule has 38 heavy (non-hydrogen) atoms. The van der Waals surface area contributed by atoms with E-state index >= 15 is 4.39 Å². The Balaban J connectivity index is 1.49. The van der Waals surface area contributed by atoms with Gasteiger partial charge in [-0.3, -0.25) is 9.52 Å². The summed E-state index contributed by atoms with van der Waals surface area (Å²) in [5.74, 6) is -4.66. The Kier molecular flexibility index (Phi) is 6.68. The summed E-state index contributed by atoms with van der Waals surface area (Å²) < 4.78 is 70.5. The lowest BCUT2D eigenvalue weighted by molar-refractivity contribution is 0.103. The predicted octanol–water partition coefficient (Wildman–Crippen LogP) is 6.47. The van der Waals surface area contributed by atoms with Crippen molar-refractivity contribution in [2.45, 2.75) is 5.75 Å². The number of rotatable bonds is 7. The first-order valence-electron chi connectivity index (χ1n) is 11.1. The average Bonchev–Trinajstić information content (AvgIpc) is 3.31. The summed E-state index contributed by atoms with van der Waals surface area (Å²) in [5.41, 5.74) is 0.404. The van der Waals surface area contributed by atoms with Gasteiger partial charge in [0.05, 0.1) is 17.0 Å². The molecule has 0 amide bonds. The van der Waals surface area contributed by atoms with Crippen molar-refractivity contribution >= 4 is 44.1 Å². The van der Waals surface area contributed by atoms with E-state index in [1.165, 1.54) is 18.3 Å². The van der Waals surface area contributed by atoms with Crippen molar-refractivity contribution in [3.05, 3.63) is 118 Å². The minimum Gasteiger partial charge on any atom is -0.345 e. The molecule has 0 unspecified atom stereocenters. The largest absolute Gasteiger partial charge is 0.345 e. The molecule has 0 fully saturated rings. The van der Waals surface area contributed by atoms with E-state index in [4.69, 9.17) is 11.6 Å². The minimum absolute atomic E-state index is 0.0487. The van der Waals surface area contributed by atoms with Crippen LogP contribution in [0.5, 0.6) is 0 Å². The lowest BCUT2D eigenvalue weighted by atomic mass is 10.00. The average molecular weight is 556 g/mol. The molecule has 2 N–H and O–H groups in total. The van der Waals surface area contributed by atoms with Crippen molar-refractivity contribution in [3.8, 4) is 11.1 Å². The molecule has 5 aromatic rings. The highest BCUT2D eigenvalue weighted by Crippen LogP contribution is 2.30. The number of hydrogen-bond acceptors (Lipinski definition) is 4. The van der Waals surface area contributed by atoms with Crippen molar-refractivity contribution in [3.63, 3.8) is 0 Å². The van der Waals surface area contributed by atoms with Gasteiger partial charge in [0.1, 0.15) is 17.3 Å². The third kappa shape index (κ3) is 5.13. The van der Waals surface area contributed by atoms with Gasteiger partial charge >= 0.3 is 0 Å². The highest BCUT2D eigenvalue weighted by Gasteiger charge is 2.26. The van der Waals surface area contributed by atoms with Crippen molar-refractivity contribution in [1.82, 2.24) is 9.97 Å². The van der Waals surface area contributed by atoms with Crippen LogP contribution >= 0.6 is 11.6 Å². The molecule has 6 nitrogen and oxygen atoms in total. The number of nitrogens with zero attached hydrogens (tertiary/aromatic N) is 1. The zero-order valence-electron chi connectivity index (χ0n) is 19.3. The maximum absolute atomic E-state index is 15.4. The van der Waals surface area contributed by atoms with Crippen LogP contribution in [-0.2, 0) is 15.8 Å². The van der Waals surface area contributed by atoms with Gasteiger partial charge in [-0.05, 0) is 53.6 Å². The zero-order valence-corrected chi connectivity index (χ0v) is 20.9. The number of aromatic amines is 1. The Hall–Kier alpha value is -4.15. The summed E-state index contributed by atoms with van der Waals surface area (Å²) in [6.07, 6.45) is 2.86. The fourth-order valence-corrected chi connectivity index (χ4v) is 5.29. The van der Waals surface area contributed by atoms with Crippen LogP contribution in [0.2, 0.25) is 5.02 Å². The predicted molar refractivity (Wildman–Crippen MR) is 139 cm³/mol. The lowest BCUT2D eigenvalue weighted by Crippen LogP contribution is -2.18. The molecule has 0 spiro atoms. The fourth-order valence-electron chi connectivity index (χ4n) is 3.97. The first-order valence-corrected chi connectivity index (χ1v) is 13.1. The third-order valence-corrected chi connectivity index (χ3v) is 7.30. The van der Waals surface area contributed by atoms with Crippen LogP contribution in [0.3, 0.4) is 0 Å². The number of carbonyl (C=O) groups is 1. The number of ketones is 1. The van der Waals surface area contributed by atoms with Crippen LogP contribution < -0.4 is 4.72 Å². The van der Waals surface area contributed by atoms with Crippen molar-refractivity contribution < 1.29 is 26.4 Å². The van der Waals surface area contributed by atoms with Gasteiger partial charge in [0.2, 0.25) is 15.8 Å². The maximum atomic E-state index is 15.4. The van der Waals surface area contributed by atoms with E-state index in [0.29, 0.717) is 21.6 Å². The minimum atomic E-state index is -4.18. The van der Waals surface area contributed by atoms with Crippen LogP contribution in [0.1, 0.15) is 21.5 Å². The van der Waals surface area contributed by atoms with E-state index in [1.54, 1.807) is 36.5 Å². The van der Waals surface area contributed by atoms with Gasteiger partial charge in [-0.1, -0.05) is 35.9 Å². The van der Waals surface area contributed by atoms with Gasteiger partial charge in [0.25, 0.3) is 0 Å². The lowest BCUT2D eigenvalue weighted by Gasteiger charge is -2.12. The first-order chi connectivity index (χ1) is 18.1. The number of nitrogens with one attached hydrogen (secondary N) is 2. The van der Waals surface area contributed by atoms with Gasteiger partial charge in [-0.15, -0.1) is 0 Å². The van der Waals surface area contributed by atoms with Crippen LogP contribution in [0.25, 0.3) is 22.2 Å². The van der Waals surface area contributed by atoms with Gasteiger partial charge in [-0.2, -0.15) is 0 Å². The molecule has 11 heteroatoms. The molecular formula is C27H17ClF3N3O3S. The number of halogens is 4. The van der Waals surface area contributed by atoms with Gasteiger partial charge < -0.3 is 4.98 Å².